The molecule has 0 unspecified atom stereocenters. The van der Waals surface area contributed by atoms with Gasteiger partial charge in [-0.25, -0.2) is 4.79 Å². The molecule has 0 saturated carbocycles. The molecule has 0 amide bonds. The third kappa shape index (κ3) is 3.40. The predicted molar refractivity (Wildman–Crippen MR) is 86.6 cm³/mol. The van der Waals surface area contributed by atoms with E-state index in [4.69, 9.17) is 9.47 Å². The molecule has 0 saturated heterocycles. The van der Waals surface area contributed by atoms with Gasteiger partial charge >= 0.3 is 6.09 Å². The Kier molecular flexibility index (Phi) is 4.18. The first kappa shape index (κ1) is 16.3. The summed E-state index contributed by atoms with van der Waals surface area (Å²) in [4.78, 5) is 12.3. The maximum atomic E-state index is 12.3. The Morgan fingerprint density at radius 1 is 1.23 bits per heavy atom. The molecule has 2 rings (SSSR count). The van der Waals surface area contributed by atoms with Gasteiger partial charge < -0.3 is 9.47 Å². The lowest BCUT2D eigenvalue weighted by Crippen LogP contribution is -2.27. The highest BCUT2D eigenvalue weighted by molar-refractivity contribution is 5.92. The van der Waals surface area contributed by atoms with Crippen LogP contribution in [0, 0.1) is 13.8 Å². The molecule has 0 aliphatic rings. The van der Waals surface area contributed by atoms with Crippen molar-refractivity contribution in [2.45, 2.75) is 60.2 Å². The molecule has 5 heteroatoms. The first-order valence-electron chi connectivity index (χ1n) is 7.48. The lowest BCUT2D eigenvalue weighted by Gasteiger charge is -2.19. The standard InChI is InChI=1S/C17H24N2O3/c1-10(2)21-13-8-11(3)15-14(9-13)12(4)18-19(15)16(20)22-17(5,6)7/h8-10H,1-7H3. The summed E-state index contributed by atoms with van der Waals surface area (Å²) in [5.41, 5.74) is 1.92. The molecule has 120 valence electrons. The van der Waals surface area contributed by atoms with Gasteiger partial charge in [-0.05, 0) is 66.2 Å². The van der Waals surface area contributed by atoms with Gasteiger partial charge in [-0.3, -0.25) is 0 Å². The van der Waals surface area contributed by atoms with Gasteiger partial charge in [-0.15, -0.1) is 0 Å². The monoisotopic (exact) mass is 304 g/mol. The minimum absolute atomic E-state index is 0.0954. The molecule has 0 radical (unpaired) electrons. The minimum Gasteiger partial charge on any atom is -0.491 e. The molecule has 5 nitrogen and oxygen atoms in total. The van der Waals surface area contributed by atoms with Crippen LogP contribution in [0.5, 0.6) is 5.75 Å². The van der Waals surface area contributed by atoms with Crippen molar-refractivity contribution in [1.82, 2.24) is 9.78 Å². The van der Waals surface area contributed by atoms with Crippen molar-refractivity contribution in [2.75, 3.05) is 0 Å². The number of carbonyl (C=O) groups is 1. The summed E-state index contributed by atoms with van der Waals surface area (Å²) < 4.78 is 12.5. The second-order valence-corrected chi connectivity index (χ2v) is 6.78. The number of hydrogen-bond acceptors (Lipinski definition) is 4. The molecule has 1 aromatic carbocycles. The number of aryl methyl sites for hydroxylation is 2. The van der Waals surface area contributed by atoms with Crippen LogP contribution in [0.1, 0.15) is 45.9 Å². The number of hydrogen-bond donors (Lipinski definition) is 0. The molecule has 0 aliphatic heterocycles. The zero-order valence-electron chi connectivity index (χ0n) is 14.4. The number of carbonyl (C=O) groups excluding carboxylic acids is 1. The molecule has 0 bridgehead atoms. The van der Waals surface area contributed by atoms with Gasteiger partial charge in [-0.2, -0.15) is 9.78 Å². The fourth-order valence-electron chi connectivity index (χ4n) is 2.33. The summed E-state index contributed by atoms with van der Waals surface area (Å²) in [6.07, 6.45) is -0.371. The van der Waals surface area contributed by atoms with Crippen LogP contribution >= 0.6 is 0 Å². The first-order valence-corrected chi connectivity index (χ1v) is 7.48. The van der Waals surface area contributed by atoms with E-state index in [9.17, 15) is 4.79 Å². The van der Waals surface area contributed by atoms with Crippen molar-refractivity contribution in [2.24, 2.45) is 0 Å². The third-order valence-electron chi connectivity index (χ3n) is 3.06. The summed E-state index contributed by atoms with van der Waals surface area (Å²) >= 11 is 0. The highest BCUT2D eigenvalue weighted by atomic mass is 16.6. The van der Waals surface area contributed by atoms with Crippen LogP contribution in [0.2, 0.25) is 0 Å². The Hall–Kier alpha value is -2.04. The number of aromatic nitrogens is 2. The van der Waals surface area contributed by atoms with Gasteiger partial charge in [0.15, 0.2) is 0 Å². The zero-order valence-corrected chi connectivity index (χ0v) is 14.4. The Bertz CT molecular complexity index is 709. The first-order chi connectivity index (χ1) is 10.1. The zero-order chi connectivity index (χ0) is 16.7. The van der Waals surface area contributed by atoms with Crippen molar-refractivity contribution in [3.63, 3.8) is 0 Å². The lowest BCUT2D eigenvalue weighted by atomic mass is 10.1. The van der Waals surface area contributed by atoms with Crippen molar-refractivity contribution < 1.29 is 14.3 Å². The predicted octanol–water partition coefficient (Wildman–Crippen LogP) is 4.22. The smallest absolute Gasteiger partial charge is 0.435 e. The van der Waals surface area contributed by atoms with E-state index in [-0.39, 0.29) is 6.10 Å². The maximum Gasteiger partial charge on any atom is 0.435 e. The second kappa shape index (κ2) is 5.63. The quantitative estimate of drug-likeness (QED) is 0.833. The van der Waals surface area contributed by atoms with Crippen LogP contribution in [-0.4, -0.2) is 27.6 Å². The van der Waals surface area contributed by atoms with E-state index in [0.717, 1.165) is 27.9 Å². The highest BCUT2D eigenvalue weighted by Gasteiger charge is 2.22. The molecule has 1 heterocycles. The van der Waals surface area contributed by atoms with E-state index in [0.29, 0.717) is 0 Å². The topological polar surface area (TPSA) is 53.4 Å². The summed E-state index contributed by atoms with van der Waals surface area (Å²) in [5, 5.41) is 5.25. The van der Waals surface area contributed by atoms with E-state index >= 15 is 0 Å². The van der Waals surface area contributed by atoms with Crippen LogP contribution < -0.4 is 4.74 Å². The summed E-state index contributed by atoms with van der Waals surface area (Å²) in [6.45, 7) is 13.3. The summed E-state index contributed by atoms with van der Waals surface area (Å²) in [7, 11) is 0. The summed E-state index contributed by atoms with van der Waals surface area (Å²) in [6, 6.07) is 3.84. The van der Waals surface area contributed by atoms with Crippen LogP contribution in [0.15, 0.2) is 12.1 Å². The number of benzene rings is 1. The number of nitrogens with zero attached hydrogens (tertiary/aromatic N) is 2. The van der Waals surface area contributed by atoms with E-state index in [1.807, 2.05) is 60.6 Å². The molecule has 1 aromatic heterocycles. The van der Waals surface area contributed by atoms with Crippen LogP contribution in [0.25, 0.3) is 10.9 Å². The van der Waals surface area contributed by atoms with Gasteiger partial charge in [0.2, 0.25) is 0 Å². The molecule has 0 atom stereocenters. The van der Waals surface area contributed by atoms with Gasteiger partial charge in [0.1, 0.15) is 11.4 Å². The van der Waals surface area contributed by atoms with E-state index < -0.39 is 11.7 Å². The normalized spacial score (nSPS) is 12.0. The molecule has 0 fully saturated rings. The Morgan fingerprint density at radius 3 is 2.41 bits per heavy atom. The fraction of sp³-hybridized carbons (Fsp3) is 0.529. The van der Waals surface area contributed by atoms with Crippen molar-refractivity contribution in [1.29, 1.82) is 0 Å². The average Bonchev–Trinajstić information content (AvgIpc) is 2.64. The minimum atomic E-state index is -0.558. The van der Waals surface area contributed by atoms with Gasteiger partial charge in [-0.1, -0.05) is 0 Å². The lowest BCUT2D eigenvalue weighted by molar-refractivity contribution is 0.0522. The largest absolute Gasteiger partial charge is 0.491 e. The number of ether oxygens (including phenoxy) is 2. The molecule has 22 heavy (non-hydrogen) atoms. The van der Waals surface area contributed by atoms with Crippen molar-refractivity contribution in [3.8, 4) is 5.75 Å². The van der Waals surface area contributed by atoms with Crippen LogP contribution in [0.4, 0.5) is 4.79 Å². The highest BCUT2D eigenvalue weighted by Crippen LogP contribution is 2.28. The number of fused-ring (bicyclic) bond motifs is 1. The molecule has 0 spiro atoms. The Morgan fingerprint density at radius 2 is 1.86 bits per heavy atom. The molecular formula is C17H24N2O3. The number of rotatable bonds is 2. The second-order valence-electron chi connectivity index (χ2n) is 6.78. The van der Waals surface area contributed by atoms with E-state index in [2.05, 4.69) is 5.10 Å². The van der Waals surface area contributed by atoms with Crippen molar-refractivity contribution in [3.05, 3.63) is 23.4 Å². The maximum absolute atomic E-state index is 12.3. The molecular weight excluding hydrogens is 280 g/mol. The molecule has 2 aromatic rings. The molecule has 0 aliphatic carbocycles. The van der Waals surface area contributed by atoms with Gasteiger partial charge in [0.05, 0.1) is 17.3 Å². The van der Waals surface area contributed by atoms with E-state index in [1.165, 1.54) is 4.68 Å². The van der Waals surface area contributed by atoms with Crippen LogP contribution in [0.3, 0.4) is 0 Å². The SMILES string of the molecule is Cc1nn(C(=O)OC(C)(C)C)c2c(C)cc(OC(C)C)cc12. The van der Waals surface area contributed by atoms with E-state index in [1.54, 1.807) is 0 Å². The van der Waals surface area contributed by atoms with Crippen LogP contribution in [-0.2, 0) is 4.74 Å². The van der Waals surface area contributed by atoms with Crippen molar-refractivity contribution >= 4 is 17.0 Å². The van der Waals surface area contributed by atoms with Gasteiger partial charge in [0.25, 0.3) is 0 Å². The Balaban J connectivity index is 2.53. The molecule has 0 N–H and O–H groups in total. The summed E-state index contributed by atoms with van der Waals surface area (Å²) in [5.74, 6) is 0.784. The third-order valence-corrected chi connectivity index (χ3v) is 3.06. The Labute approximate surface area is 131 Å². The fourth-order valence-corrected chi connectivity index (χ4v) is 2.33. The average molecular weight is 304 g/mol. The van der Waals surface area contributed by atoms with Gasteiger partial charge in [0, 0.05) is 5.39 Å².